The van der Waals surface area contributed by atoms with Crippen LogP contribution in [0.15, 0.2) is 60.8 Å². The van der Waals surface area contributed by atoms with Crippen LogP contribution in [0.2, 0.25) is 0 Å². The predicted octanol–water partition coefficient (Wildman–Crippen LogP) is 5.16. The van der Waals surface area contributed by atoms with Gasteiger partial charge in [-0.25, -0.2) is 14.1 Å². The van der Waals surface area contributed by atoms with Crippen LogP contribution in [0, 0.1) is 13.8 Å². The van der Waals surface area contributed by atoms with Crippen LogP contribution < -0.4 is 0 Å². The molecule has 1 aromatic carbocycles. The third-order valence-electron chi connectivity index (χ3n) is 6.69. The van der Waals surface area contributed by atoms with E-state index in [-0.39, 0.29) is 6.04 Å². The number of nitrogens with zero attached hydrogens (tertiary/aromatic N) is 6. The number of alkyl halides is 6. The zero-order valence-electron chi connectivity index (χ0n) is 24.3. The van der Waals surface area contributed by atoms with Gasteiger partial charge in [0.25, 0.3) is 0 Å². The van der Waals surface area contributed by atoms with E-state index in [2.05, 4.69) is 93.8 Å². The maximum absolute atomic E-state index is 10.6. The highest BCUT2D eigenvalue weighted by atomic mass is 19.4. The van der Waals surface area contributed by atoms with Crippen LogP contribution in [0.3, 0.4) is 0 Å². The lowest BCUT2D eigenvalue weighted by molar-refractivity contribution is -0.193. The number of aromatic nitrogens is 4. The molecule has 2 N–H and O–H groups in total. The molecule has 5 rings (SSSR count). The first-order valence-electron chi connectivity index (χ1n) is 13.3. The summed E-state index contributed by atoms with van der Waals surface area (Å²) in [5.74, 6) is -5.51. The molecule has 16 heteroatoms. The molecule has 1 aliphatic rings. The lowest BCUT2D eigenvalue weighted by atomic mass is 10.0. The van der Waals surface area contributed by atoms with E-state index in [0.29, 0.717) is 0 Å². The lowest BCUT2D eigenvalue weighted by Gasteiger charge is -2.38. The zero-order valence-corrected chi connectivity index (χ0v) is 24.3. The van der Waals surface area contributed by atoms with Crippen LogP contribution in [0.4, 0.5) is 26.3 Å². The van der Waals surface area contributed by atoms with Crippen molar-refractivity contribution >= 4 is 17.5 Å². The molecular formula is C29H30F6N6O4. The number of piperazine rings is 1. The standard InChI is InChI=1S/C25H28N6.2C2HF3O2/c1-18-7-9-20(10-8-18)21-11-12-23-25(27-28-31(23)15-21)24-17-30(14-13-29(24)3)16-22-6-4-5-19(2)26-22;2*3-2(4,5)1(6)7/h4-12,15,24H,13-14,16-17H2,1-3H3;2*(H,6,7). The number of hydrogen-bond acceptors (Lipinski definition) is 7. The van der Waals surface area contributed by atoms with Gasteiger partial charge in [0.15, 0.2) is 0 Å². The number of carboxylic acid groups (broad SMARTS) is 2. The van der Waals surface area contributed by atoms with Crippen molar-refractivity contribution in [2.75, 3.05) is 26.7 Å². The van der Waals surface area contributed by atoms with Gasteiger partial charge >= 0.3 is 24.3 Å². The minimum absolute atomic E-state index is 0.210. The number of fused-ring (bicyclic) bond motifs is 1. The van der Waals surface area contributed by atoms with E-state index in [1.54, 1.807) is 0 Å². The van der Waals surface area contributed by atoms with Crippen LogP contribution in [0.25, 0.3) is 16.6 Å². The van der Waals surface area contributed by atoms with Crippen molar-refractivity contribution in [3.05, 3.63) is 83.4 Å². The smallest absolute Gasteiger partial charge is 0.475 e. The second-order valence-electron chi connectivity index (χ2n) is 10.2. The van der Waals surface area contributed by atoms with Crippen LogP contribution in [-0.2, 0) is 16.1 Å². The van der Waals surface area contributed by atoms with Crippen molar-refractivity contribution in [2.45, 2.75) is 38.8 Å². The second kappa shape index (κ2) is 14.5. The molecule has 1 atom stereocenters. The first-order chi connectivity index (χ1) is 21.0. The summed E-state index contributed by atoms with van der Waals surface area (Å²) >= 11 is 0. The molecule has 242 valence electrons. The summed E-state index contributed by atoms with van der Waals surface area (Å²) in [6.45, 7) is 7.96. The van der Waals surface area contributed by atoms with Gasteiger partial charge in [-0.05, 0) is 44.7 Å². The second-order valence-corrected chi connectivity index (χ2v) is 10.2. The van der Waals surface area contributed by atoms with Crippen molar-refractivity contribution in [1.29, 1.82) is 0 Å². The Labute approximate surface area is 253 Å². The van der Waals surface area contributed by atoms with Gasteiger partial charge < -0.3 is 10.2 Å². The van der Waals surface area contributed by atoms with Crippen molar-refractivity contribution in [1.82, 2.24) is 29.6 Å². The summed E-state index contributed by atoms with van der Waals surface area (Å²) in [5, 5.41) is 23.3. The van der Waals surface area contributed by atoms with Gasteiger partial charge in [-0.3, -0.25) is 14.8 Å². The van der Waals surface area contributed by atoms with Gasteiger partial charge in [-0.15, -0.1) is 5.10 Å². The molecule has 0 bridgehead atoms. The Morgan fingerprint density at radius 1 is 0.867 bits per heavy atom. The average Bonchev–Trinajstić information content (AvgIpc) is 3.37. The van der Waals surface area contributed by atoms with Gasteiger partial charge in [0, 0.05) is 43.6 Å². The number of rotatable bonds is 4. The van der Waals surface area contributed by atoms with E-state index in [0.717, 1.165) is 54.3 Å². The number of benzene rings is 1. The highest BCUT2D eigenvalue weighted by Crippen LogP contribution is 2.28. The number of carbonyl (C=O) groups is 2. The quantitative estimate of drug-likeness (QED) is 0.291. The minimum atomic E-state index is -5.08. The van der Waals surface area contributed by atoms with E-state index in [9.17, 15) is 26.3 Å². The third kappa shape index (κ3) is 9.97. The van der Waals surface area contributed by atoms with Crippen molar-refractivity contribution in [3.63, 3.8) is 0 Å². The van der Waals surface area contributed by atoms with Crippen molar-refractivity contribution in [2.24, 2.45) is 0 Å². The maximum atomic E-state index is 10.6. The molecule has 1 fully saturated rings. The van der Waals surface area contributed by atoms with Gasteiger partial charge in [0.1, 0.15) is 5.69 Å². The molecular weight excluding hydrogens is 610 g/mol. The van der Waals surface area contributed by atoms with Crippen LogP contribution >= 0.6 is 0 Å². The molecule has 0 saturated carbocycles. The summed E-state index contributed by atoms with van der Waals surface area (Å²) in [4.78, 5) is 27.3. The van der Waals surface area contributed by atoms with Crippen molar-refractivity contribution in [3.8, 4) is 11.1 Å². The Hall–Kier alpha value is -4.57. The van der Waals surface area contributed by atoms with E-state index in [1.807, 2.05) is 17.5 Å². The Kier molecular flexibility index (Phi) is 11.2. The monoisotopic (exact) mass is 640 g/mol. The highest BCUT2D eigenvalue weighted by molar-refractivity contribution is 5.73. The van der Waals surface area contributed by atoms with Crippen LogP contribution in [0.5, 0.6) is 0 Å². The van der Waals surface area contributed by atoms with Gasteiger partial charge in [-0.2, -0.15) is 26.3 Å². The highest BCUT2D eigenvalue weighted by Gasteiger charge is 2.39. The fraction of sp³-hybridized carbons (Fsp3) is 0.345. The molecule has 3 aromatic heterocycles. The first kappa shape index (κ1) is 34.9. The van der Waals surface area contributed by atoms with E-state index in [1.165, 1.54) is 11.1 Å². The van der Waals surface area contributed by atoms with Gasteiger partial charge in [0.2, 0.25) is 0 Å². The largest absolute Gasteiger partial charge is 0.490 e. The molecule has 10 nitrogen and oxygen atoms in total. The first-order valence-corrected chi connectivity index (χ1v) is 13.3. The van der Waals surface area contributed by atoms with E-state index < -0.39 is 24.3 Å². The summed E-state index contributed by atoms with van der Waals surface area (Å²) in [6, 6.07) is 19.4. The summed E-state index contributed by atoms with van der Waals surface area (Å²) < 4.78 is 65.4. The summed E-state index contributed by atoms with van der Waals surface area (Å²) in [7, 11) is 2.18. The molecule has 0 aliphatic carbocycles. The maximum Gasteiger partial charge on any atom is 0.490 e. The number of hydrogen-bond donors (Lipinski definition) is 2. The number of halogens is 6. The lowest BCUT2D eigenvalue weighted by Crippen LogP contribution is -2.46. The number of aryl methyl sites for hydroxylation is 2. The van der Waals surface area contributed by atoms with E-state index in [4.69, 9.17) is 19.8 Å². The molecule has 0 amide bonds. The number of aliphatic carboxylic acids is 2. The molecule has 0 radical (unpaired) electrons. The molecule has 1 saturated heterocycles. The summed E-state index contributed by atoms with van der Waals surface area (Å²) in [6.07, 6.45) is -8.09. The zero-order chi connectivity index (χ0) is 33.5. The normalized spacial score (nSPS) is 15.9. The molecule has 1 aliphatic heterocycles. The Morgan fingerprint density at radius 3 is 2.00 bits per heavy atom. The molecule has 45 heavy (non-hydrogen) atoms. The van der Waals surface area contributed by atoms with E-state index >= 15 is 0 Å². The molecule has 0 spiro atoms. The van der Waals surface area contributed by atoms with Crippen molar-refractivity contribution < 1.29 is 46.1 Å². The number of carboxylic acids is 2. The summed E-state index contributed by atoms with van der Waals surface area (Å²) in [5.41, 5.74) is 7.90. The van der Waals surface area contributed by atoms with Crippen LogP contribution in [0.1, 0.15) is 28.7 Å². The topological polar surface area (TPSA) is 124 Å². The average molecular weight is 641 g/mol. The number of likely N-dealkylation sites (N-methyl/N-ethyl adjacent to an activating group) is 1. The minimum Gasteiger partial charge on any atom is -0.475 e. The SMILES string of the molecule is Cc1ccc(-c2ccc3c(C4CN(Cc5cccc(C)n5)CCN4C)nnn3c2)cc1.O=C(O)C(F)(F)F.O=C(O)C(F)(F)F. The Morgan fingerprint density at radius 2 is 1.44 bits per heavy atom. The van der Waals surface area contributed by atoms with Gasteiger partial charge in [0.05, 0.1) is 17.3 Å². The number of pyridine rings is 2. The van der Waals surface area contributed by atoms with Crippen LogP contribution in [-0.4, -0.2) is 90.8 Å². The predicted molar refractivity (Wildman–Crippen MR) is 150 cm³/mol. The molecule has 4 heterocycles. The Balaban J connectivity index is 0.000000331. The molecule has 4 aromatic rings. The fourth-order valence-corrected chi connectivity index (χ4v) is 4.35. The molecule has 1 unspecified atom stereocenters. The fourth-order valence-electron chi connectivity index (χ4n) is 4.35. The third-order valence-corrected chi connectivity index (χ3v) is 6.69. The Bertz CT molecular complexity index is 1580. The van der Waals surface area contributed by atoms with Gasteiger partial charge in [-0.1, -0.05) is 47.2 Å².